The number of carbonyl (C=O) groups is 1. The minimum atomic E-state index is -0.357. The molecule has 1 aliphatic carbocycles. The number of nitrogens with zero attached hydrogens (tertiary/aromatic N) is 3. The Kier molecular flexibility index (Phi) is 4.85. The van der Waals surface area contributed by atoms with Gasteiger partial charge in [0.2, 0.25) is 5.91 Å². The highest BCUT2D eigenvalue weighted by molar-refractivity contribution is 5.76. The van der Waals surface area contributed by atoms with Crippen LogP contribution in [0.5, 0.6) is 0 Å². The summed E-state index contributed by atoms with van der Waals surface area (Å²) < 4.78 is 12.0. The lowest BCUT2D eigenvalue weighted by molar-refractivity contribution is -0.134. The van der Waals surface area contributed by atoms with E-state index in [2.05, 4.69) is 15.3 Å². The van der Waals surface area contributed by atoms with E-state index in [1.807, 2.05) is 4.90 Å². The highest BCUT2D eigenvalue weighted by Crippen LogP contribution is 2.35. The lowest BCUT2D eigenvalue weighted by Crippen LogP contribution is -2.46. The Labute approximate surface area is 148 Å². The van der Waals surface area contributed by atoms with Gasteiger partial charge in [-0.05, 0) is 25.2 Å². The largest absolute Gasteiger partial charge is 0.377 e. The second-order valence-electron chi connectivity index (χ2n) is 7.55. The smallest absolute Gasteiger partial charge is 0.223 e. The number of aromatic nitrogens is 2. The number of ether oxygens (including phenoxy) is 2. The Morgan fingerprint density at radius 3 is 3.08 bits per heavy atom. The van der Waals surface area contributed by atoms with E-state index in [1.54, 1.807) is 18.6 Å². The summed E-state index contributed by atoms with van der Waals surface area (Å²) in [6.45, 7) is 3.98. The van der Waals surface area contributed by atoms with E-state index in [0.29, 0.717) is 51.2 Å². The lowest BCUT2D eigenvalue weighted by atomic mass is 9.94. The summed E-state index contributed by atoms with van der Waals surface area (Å²) in [6, 6.07) is 0. The van der Waals surface area contributed by atoms with Gasteiger partial charge in [0.25, 0.3) is 0 Å². The highest BCUT2D eigenvalue weighted by atomic mass is 16.5. The summed E-state index contributed by atoms with van der Waals surface area (Å²) in [7, 11) is 0. The Morgan fingerprint density at radius 1 is 1.36 bits per heavy atom. The number of rotatable bonds is 5. The van der Waals surface area contributed by atoms with E-state index in [4.69, 9.17) is 9.47 Å². The van der Waals surface area contributed by atoms with Gasteiger partial charge in [-0.1, -0.05) is 0 Å². The van der Waals surface area contributed by atoms with Gasteiger partial charge in [-0.2, -0.15) is 0 Å². The SMILES string of the molecule is O=C(CC1CC1)N1CCOCC2(CC(CNc3cnccn3)CO2)C1. The van der Waals surface area contributed by atoms with Gasteiger partial charge < -0.3 is 19.7 Å². The first kappa shape index (κ1) is 16.7. The van der Waals surface area contributed by atoms with Crippen LogP contribution in [0.1, 0.15) is 25.7 Å². The summed E-state index contributed by atoms with van der Waals surface area (Å²) in [6.07, 6.45) is 9.05. The standard InChI is InChI=1S/C18H26N4O3/c23-17(7-14-1-2-14)22-5-6-24-13-18(12-22)8-15(11-25-18)9-21-16-10-19-3-4-20-16/h3-4,10,14-15H,1-2,5-9,11-13H2,(H,20,21). The molecule has 0 aromatic carbocycles. The normalized spacial score (nSPS) is 29.6. The molecule has 136 valence electrons. The van der Waals surface area contributed by atoms with E-state index in [-0.39, 0.29) is 11.5 Å². The molecule has 7 heteroatoms. The van der Waals surface area contributed by atoms with Crippen LogP contribution in [-0.4, -0.2) is 65.8 Å². The van der Waals surface area contributed by atoms with E-state index in [0.717, 1.165) is 18.8 Å². The maximum Gasteiger partial charge on any atom is 0.223 e. The van der Waals surface area contributed by atoms with E-state index in [9.17, 15) is 4.79 Å². The van der Waals surface area contributed by atoms with Gasteiger partial charge in [0, 0.05) is 37.8 Å². The topological polar surface area (TPSA) is 76.6 Å². The van der Waals surface area contributed by atoms with Crippen molar-refractivity contribution in [3.05, 3.63) is 18.6 Å². The van der Waals surface area contributed by atoms with Crippen molar-refractivity contribution < 1.29 is 14.3 Å². The zero-order valence-electron chi connectivity index (χ0n) is 14.5. The van der Waals surface area contributed by atoms with Crippen molar-refractivity contribution in [1.82, 2.24) is 14.9 Å². The monoisotopic (exact) mass is 346 g/mol. The Bertz CT molecular complexity index is 595. The molecule has 4 rings (SSSR count). The molecule has 1 aromatic rings. The van der Waals surface area contributed by atoms with Gasteiger partial charge >= 0.3 is 0 Å². The minimum absolute atomic E-state index is 0.261. The van der Waals surface area contributed by atoms with Crippen LogP contribution < -0.4 is 5.32 Å². The number of anilines is 1. The zero-order valence-corrected chi connectivity index (χ0v) is 14.5. The molecule has 2 unspecified atom stereocenters. The third-order valence-electron chi connectivity index (χ3n) is 5.28. The molecule has 2 saturated heterocycles. The average Bonchev–Trinajstić information content (AvgIpc) is 3.38. The third kappa shape index (κ3) is 4.27. The molecule has 0 bridgehead atoms. The first-order chi connectivity index (χ1) is 12.2. The number of nitrogens with one attached hydrogen (secondary N) is 1. The molecule has 2 aliphatic heterocycles. The Balaban J connectivity index is 1.33. The van der Waals surface area contributed by atoms with Crippen molar-refractivity contribution in [2.45, 2.75) is 31.3 Å². The first-order valence-electron chi connectivity index (χ1n) is 9.22. The van der Waals surface area contributed by atoms with E-state index in [1.165, 1.54) is 12.8 Å². The Hall–Kier alpha value is -1.73. The maximum absolute atomic E-state index is 12.5. The molecular weight excluding hydrogens is 320 g/mol. The van der Waals surface area contributed by atoms with Crippen LogP contribution in [0.4, 0.5) is 5.82 Å². The van der Waals surface area contributed by atoms with Gasteiger partial charge in [0.05, 0.1) is 32.6 Å². The molecule has 0 radical (unpaired) electrons. The molecule has 25 heavy (non-hydrogen) atoms. The fourth-order valence-corrected chi connectivity index (χ4v) is 3.74. The quantitative estimate of drug-likeness (QED) is 0.867. The fourth-order valence-electron chi connectivity index (χ4n) is 3.74. The summed E-state index contributed by atoms with van der Waals surface area (Å²) in [5.74, 6) is 2.03. The minimum Gasteiger partial charge on any atom is -0.377 e. The molecule has 1 spiro atoms. The molecule has 7 nitrogen and oxygen atoms in total. The predicted molar refractivity (Wildman–Crippen MR) is 92.1 cm³/mol. The molecule has 1 N–H and O–H groups in total. The third-order valence-corrected chi connectivity index (χ3v) is 5.28. The molecule has 1 saturated carbocycles. The van der Waals surface area contributed by atoms with Gasteiger partial charge in [-0.3, -0.25) is 9.78 Å². The van der Waals surface area contributed by atoms with Gasteiger partial charge in [0.15, 0.2) is 0 Å². The average molecular weight is 346 g/mol. The van der Waals surface area contributed by atoms with Crippen LogP contribution in [0.25, 0.3) is 0 Å². The van der Waals surface area contributed by atoms with Crippen LogP contribution in [0.3, 0.4) is 0 Å². The van der Waals surface area contributed by atoms with Crippen LogP contribution in [-0.2, 0) is 14.3 Å². The summed E-state index contributed by atoms with van der Waals surface area (Å²) in [5.41, 5.74) is -0.357. The molecule has 3 heterocycles. The number of hydrogen-bond donors (Lipinski definition) is 1. The van der Waals surface area contributed by atoms with Crippen molar-refractivity contribution in [3.8, 4) is 0 Å². The molecule has 1 amide bonds. The van der Waals surface area contributed by atoms with E-state index < -0.39 is 0 Å². The molecule has 3 fully saturated rings. The van der Waals surface area contributed by atoms with Crippen molar-refractivity contribution >= 4 is 11.7 Å². The predicted octanol–water partition coefficient (Wildman–Crippen LogP) is 1.32. The highest BCUT2D eigenvalue weighted by Gasteiger charge is 2.44. The first-order valence-corrected chi connectivity index (χ1v) is 9.22. The van der Waals surface area contributed by atoms with Crippen molar-refractivity contribution in [2.24, 2.45) is 11.8 Å². The van der Waals surface area contributed by atoms with Crippen molar-refractivity contribution in [1.29, 1.82) is 0 Å². The van der Waals surface area contributed by atoms with Crippen molar-refractivity contribution in [3.63, 3.8) is 0 Å². The fraction of sp³-hybridized carbons (Fsp3) is 0.722. The van der Waals surface area contributed by atoms with Crippen molar-refractivity contribution in [2.75, 3.05) is 44.8 Å². The van der Waals surface area contributed by atoms with Gasteiger partial charge in [-0.15, -0.1) is 0 Å². The summed E-state index contributed by atoms with van der Waals surface area (Å²) in [4.78, 5) is 22.8. The molecule has 1 aromatic heterocycles. The van der Waals surface area contributed by atoms with Crippen LogP contribution in [0.15, 0.2) is 18.6 Å². The van der Waals surface area contributed by atoms with Crippen LogP contribution in [0.2, 0.25) is 0 Å². The number of carbonyl (C=O) groups excluding carboxylic acids is 1. The Morgan fingerprint density at radius 2 is 2.28 bits per heavy atom. The van der Waals surface area contributed by atoms with Crippen LogP contribution >= 0.6 is 0 Å². The summed E-state index contributed by atoms with van der Waals surface area (Å²) in [5, 5.41) is 3.32. The summed E-state index contributed by atoms with van der Waals surface area (Å²) >= 11 is 0. The maximum atomic E-state index is 12.5. The second kappa shape index (κ2) is 7.25. The second-order valence-corrected chi connectivity index (χ2v) is 7.55. The zero-order chi connectivity index (χ0) is 17.1. The molecular formula is C18H26N4O3. The van der Waals surface area contributed by atoms with E-state index >= 15 is 0 Å². The van der Waals surface area contributed by atoms with Crippen LogP contribution in [0, 0.1) is 11.8 Å². The molecule has 3 aliphatic rings. The lowest BCUT2D eigenvalue weighted by Gasteiger charge is -2.31. The van der Waals surface area contributed by atoms with Gasteiger partial charge in [0.1, 0.15) is 11.4 Å². The number of amides is 1. The molecule has 2 atom stereocenters. The number of hydrogen-bond acceptors (Lipinski definition) is 6. The van der Waals surface area contributed by atoms with Gasteiger partial charge in [-0.25, -0.2) is 4.98 Å².